The molecule has 0 aliphatic rings. The lowest BCUT2D eigenvalue weighted by atomic mass is 9.96. The summed E-state index contributed by atoms with van der Waals surface area (Å²) in [5.41, 5.74) is -3.76. The van der Waals surface area contributed by atoms with Gasteiger partial charge in [-0.1, -0.05) is 0 Å². The minimum Gasteiger partial charge on any atom is -0.392 e. The van der Waals surface area contributed by atoms with Gasteiger partial charge in [-0.3, -0.25) is 0 Å². The zero-order valence-corrected chi connectivity index (χ0v) is 8.58. The normalized spacial score (nSPS) is 12.9. The molecule has 0 radical (unpaired) electrons. The van der Waals surface area contributed by atoms with Gasteiger partial charge in [0, 0.05) is 0 Å². The Kier molecular flexibility index (Phi) is 3.42. The Labute approximate surface area is 92.7 Å². The van der Waals surface area contributed by atoms with Crippen LogP contribution in [-0.2, 0) is 19.0 Å². The third kappa shape index (κ3) is 2.71. The highest BCUT2D eigenvalue weighted by molar-refractivity contribution is 5.42. The van der Waals surface area contributed by atoms with Crippen LogP contribution in [0.2, 0.25) is 0 Å². The molecule has 0 amide bonds. The van der Waals surface area contributed by atoms with E-state index in [9.17, 15) is 26.3 Å². The standard InChI is InChI=1S/C10H8F6O/c1-5-6(4-17)8(10(14,15)16)3-2-7(5)9(11,12)13/h2-3,17H,4H2,1H3. The molecular formula is C10H8F6O. The number of aliphatic hydroxyl groups excluding tert-OH is 1. The summed E-state index contributed by atoms with van der Waals surface area (Å²) < 4.78 is 74.6. The van der Waals surface area contributed by atoms with Gasteiger partial charge in [-0.15, -0.1) is 0 Å². The molecule has 0 heterocycles. The molecule has 7 heteroatoms. The second-order valence-electron chi connectivity index (χ2n) is 3.42. The lowest BCUT2D eigenvalue weighted by Crippen LogP contribution is -2.15. The number of benzene rings is 1. The van der Waals surface area contributed by atoms with Crippen LogP contribution in [0, 0.1) is 6.92 Å². The maximum Gasteiger partial charge on any atom is 0.416 e. The van der Waals surface area contributed by atoms with Gasteiger partial charge in [0.1, 0.15) is 0 Å². The summed E-state index contributed by atoms with van der Waals surface area (Å²) in [5, 5.41) is 8.79. The number of aliphatic hydroxyl groups is 1. The second-order valence-corrected chi connectivity index (χ2v) is 3.42. The average Bonchev–Trinajstić information content (AvgIpc) is 2.13. The molecule has 0 aromatic heterocycles. The van der Waals surface area contributed by atoms with Gasteiger partial charge in [0.05, 0.1) is 17.7 Å². The van der Waals surface area contributed by atoms with Gasteiger partial charge in [-0.2, -0.15) is 26.3 Å². The SMILES string of the molecule is Cc1c(C(F)(F)F)ccc(C(F)(F)F)c1CO. The van der Waals surface area contributed by atoms with Gasteiger partial charge in [0.25, 0.3) is 0 Å². The summed E-state index contributed by atoms with van der Waals surface area (Å²) in [6, 6.07) is 0.707. The monoisotopic (exact) mass is 258 g/mol. The highest BCUT2D eigenvalue weighted by Crippen LogP contribution is 2.39. The van der Waals surface area contributed by atoms with Crippen LogP contribution < -0.4 is 0 Å². The topological polar surface area (TPSA) is 20.2 Å². The van der Waals surface area contributed by atoms with Gasteiger partial charge < -0.3 is 5.11 Å². The third-order valence-corrected chi connectivity index (χ3v) is 2.37. The van der Waals surface area contributed by atoms with Crippen molar-refractivity contribution in [2.75, 3.05) is 0 Å². The Balaban J connectivity index is 3.49. The lowest BCUT2D eigenvalue weighted by molar-refractivity contribution is -0.142. The Bertz CT molecular complexity index is 418. The molecular weight excluding hydrogens is 250 g/mol. The Hall–Kier alpha value is -1.24. The summed E-state index contributed by atoms with van der Waals surface area (Å²) in [6.07, 6.45) is -9.52. The van der Waals surface area contributed by atoms with Crippen molar-refractivity contribution in [2.45, 2.75) is 25.9 Å². The lowest BCUT2D eigenvalue weighted by Gasteiger charge is -2.18. The number of alkyl halides is 6. The molecule has 1 nitrogen and oxygen atoms in total. The molecule has 0 aliphatic carbocycles. The van der Waals surface area contributed by atoms with E-state index in [1.165, 1.54) is 0 Å². The molecule has 1 rings (SSSR count). The Morgan fingerprint density at radius 1 is 0.941 bits per heavy atom. The molecule has 17 heavy (non-hydrogen) atoms. The maximum absolute atomic E-state index is 12.5. The number of hydrogen-bond donors (Lipinski definition) is 1. The van der Waals surface area contributed by atoms with E-state index in [1.54, 1.807) is 0 Å². The molecule has 0 saturated heterocycles. The van der Waals surface area contributed by atoms with Gasteiger partial charge in [-0.05, 0) is 30.2 Å². The fourth-order valence-electron chi connectivity index (χ4n) is 1.53. The largest absolute Gasteiger partial charge is 0.416 e. The molecule has 0 saturated carbocycles. The van der Waals surface area contributed by atoms with Crippen molar-refractivity contribution in [2.24, 2.45) is 0 Å². The van der Waals surface area contributed by atoms with Crippen LogP contribution in [0.15, 0.2) is 12.1 Å². The van der Waals surface area contributed by atoms with Crippen LogP contribution in [0.3, 0.4) is 0 Å². The fourth-order valence-corrected chi connectivity index (χ4v) is 1.53. The van der Waals surface area contributed by atoms with Crippen molar-refractivity contribution in [3.63, 3.8) is 0 Å². The van der Waals surface area contributed by atoms with E-state index < -0.39 is 41.2 Å². The predicted molar refractivity (Wildman–Crippen MR) is 47.1 cm³/mol. The van der Waals surface area contributed by atoms with Crippen LogP contribution in [0.25, 0.3) is 0 Å². The van der Waals surface area contributed by atoms with Crippen LogP contribution in [-0.4, -0.2) is 5.11 Å². The Morgan fingerprint density at radius 2 is 1.35 bits per heavy atom. The minimum atomic E-state index is -4.78. The number of halogens is 6. The molecule has 96 valence electrons. The van der Waals surface area contributed by atoms with Crippen LogP contribution >= 0.6 is 0 Å². The van der Waals surface area contributed by atoms with Crippen molar-refractivity contribution in [1.82, 2.24) is 0 Å². The molecule has 1 aromatic rings. The van der Waals surface area contributed by atoms with Gasteiger partial charge in [0.15, 0.2) is 0 Å². The second kappa shape index (κ2) is 4.21. The zero-order chi connectivity index (χ0) is 13.4. The highest BCUT2D eigenvalue weighted by atomic mass is 19.4. The molecule has 0 spiro atoms. The number of rotatable bonds is 1. The zero-order valence-electron chi connectivity index (χ0n) is 8.58. The Morgan fingerprint density at radius 3 is 1.71 bits per heavy atom. The predicted octanol–water partition coefficient (Wildman–Crippen LogP) is 3.52. The molecule has 1 N–H and O–H groups in total. The van der Waals surface area contributed by atoms with Crippen molar-refractivity contribution in [1.29, 1.82) is 0 Å². The summed E-state index contributed by atoms with van der Waals surface area (Å²) in [7, 11) is 0. The van der Waals surface area contributed by atoms with Crippen molar-refractivity contribution >= 4 is 0 Å². The van der Waals surface area contributed by atoms with Gasteiger partial charge in [0.2, 0.25) is 0 Å². The van der Waals surface area contributed by atoms with E-state index in [-0.39, 0.29) is 0 Å². The molecule has 0 bridgehead atoms. The first-order chi connectivity index (χ1) is 7.59. The molecule has 0 aliphatic heterocycles. The summed E-state index contributed by atoms with van der Waals surface area (Å²) in [6.45, 7) is -0.186. The van der Waals surface area contributed by atoms with E-state index in [2.05, 4.69) is 0 Å². The van der Waals surface area contributed by atoms with E-state index >= 15 is 0 Å². The van der Waals surface area contributed by atoms with E-state index in [0.29, 0.717) is 12.1 Å². The third-order valence-electron chi connectivity index (χ3n) is 2.37. The van der Waals surface area contributed by atoms with E-state index in [4.69, 9.17) is 5.11 Å². The van der Waals surface area contributed by atoms with Crippen molar-refractivity contribution < 1.29 is 31.4 Å². The molecule has 0 unspecified atom stereocenters. The molecule has 0 atom stereocenters. The van der Waals surface area contributed by atoms with Gasteiger partial charge in [-0.25, -0.2) is 0 Å². The van der Waals surface area contributed by atoms with E-state index in [0.717, 1.165) is 6.92 Å². The van der Waals surface area contributed by atoms with Crippen LogP contribution in [0.4, 0.5) is 26.3 Å². The van der Waals surface area contributed by atoms with Crippen LogP contribution in [0.1, 0.15) is 22.3 Å². The first-order valence-corrected chi connectivity index (χ1v) is 4.46. The average molecular weight is 258 g/mol. The van der Waals surface area contributed by atoms with Crippen molar-refractivity contribution in [3.05, 3.63) is 34.4 Å². The maximum atomic E-state index is 12.5. The van der Waals surface area contributed by atoms with Crippen molar-refractivity contribution in [3.8, 4) is 0 Å². The number of hydrogen-bond acceptors (Lipinski definition) is 1. The van der Waals surface area contributed by atoms with Gasteiger partial charge >= 0.3 is 12.4 Å². The smallest absolute Gasteiger partial charge is 0.392 e. The summed E-state index contributed by atoms with van der Waals surface area (Å²) in [5.74, 6) is 0. The first-order valence-electron chi connectivity index (χ1n) is 4.46. The molecule has 0 fully saturated rings. The van der Waals surface area contributed by atoms with E-state index in [1.807, 2.05) is 0 Å². The first kappa shape index (κ1) is 13.8. The minimum absolute atomic E-state index is 0.335. The van der Waals surface area contributed by atoms with Crippen LogP contribution in [0.5, 0.6) is 0 Å². The fraction of sp³-hybridized carbons (Fsp3) is 0.400. The summed E-state index contributed by atoms with van der Waals surface area (Å²) in [4.78, 5) is 0. The molecule has 1 aromatic carbocycles. The quantitative estimate of drug-likeness (QED) is 0.764. The highest BCUT2D eigenvalue weighted by Gasteiger charge is 2.38. The summed E-state index contributed by atoms with van der Waals surface area (Å²) >= 11 is 0.